The number of aromatic amines is 1. The molecule has 0 unspecified atom stereocenters. The second-order valence-electron chi connectivity index (χ2n) is 6.76. The molecule has 0 aliphatic heterocycles. The predicted molar refractivity (Wildman–Crippen MR) is 110 cm³/mol. The summed E-state index contributed by atoms with van der Waals surface area (Å²) in [5.74, 6) is 1.33. The van der Waals surface area contributed by atoms with E-state index in [0.717, 1.165) is 28.0 Å². The summed E-state index contributed by atoms with van der Waals surface area (Å²) in [6, 6.07) is 11.5. The summed E-state index contributed by atoms with van der Waals surface area (Å²) in [4.78, 5) is 24.1. The fraction of sp³-hybridized carbons (Fsp3) is 0.273. The molecule has 0 fully saturated rings. The summed E-state index contributed by atoms with van der Waals surface area (Å²) in [6.07, 6.45) is 4.83. The highest BCUT2D eigenvalue weighted by atomic mass is 16.5. The van der Waals surface area contributed by atoms with Gasteiger partial charge in [0.1, 0.15) is 17.8 Å². The molecule has 0 aliphatic rings. The Bertz CT molecular complexity index is 1120. The minimum Gasteiger partial charge on any atom is -0.480 e. The molecule has 0 saturated carbocycles. The second kappa shape index (κ2) is 9.32. The molecule has 0 saturated heterocycles. The smallest absolute Gasteiger partial charge is 0.223 e. The molecule has 0 aliphatic carbocycles. The minimum absolute atomic E-state index is 0.0408. The number of para-hydroxylation sites is 1. The number of nitrogens with one attached hydrogen (secondary N) is 1. The number of H-pyrrole nitrogens is 1. The zero-order chi connectivity index (χ0) is 20.8. The number of benzene rings is 1. The molecule has 1 aromatic carbocycles. The molecule has 4 aromatic rings. The molecule has 1 N–H and O–H groups in total. The number of aromatic nitrogens is 4. The van der Waals surface area contributed by atoms with Gasteiger partial charge >= 0.3 is 0 Å². The Morgan fingerprint density at radius 2 is 2.10 bits per heavy atom. The first-order chi connectivity index (χ1) is 14.7. The number of fused-ring (bicyclic) bond motifs is 1. The van der Waals surface area contributed by atoms with Gasteiger partial charge < -0.3 is 19.0 Å². The topological polar surface area (TPSA) is 103 Å². The first kappa shape index (κ1) is 19.8. The Morgan fingerprint density at radius 3 is 2.93 bits per heavy atom. The quantitative estimate of drug-likeness (QED) is 0.315. The highest BCUT2D eigenvalue weighted by Crippen LogP contribution is 2.30. The van der Waals surface area contributed by atoms with E-state index in [1.807, 2.05) is 30.3 Å². The van der Waals surface area contributed by atoms with Gasteiger partial charge in [0.15, 0.2) is 5.78 Å². The molecular weight excluding hydrogens is 384 g/mol. The van der Waals surface area contributed by atoms with Crippen molar-refractivity contribution in [1.29, 1.82) is 0 Å². The predicted octanol–water partition coefficient (Wildman–Crippen LogP) is 3.84. The van der Waals surface area contributed by atoms with Crippen LogP contribution >= 0.6 is 0 Å². The molecular formula is C22H22N4O4. The number of carbonyl (C=O) groups is 1. The number of hydrogen-bond donors (Lipinski definition) is 1. The van der Waals surface area contributed by atoms with Crippen molar-refractivity contribution in [1.82, 2.24) is 20.1 Å². The lowest BCUT2D eigenvalue weighted by Gasteiger charge is -2.08. The van der Waals surface area contributed by atoms with Gasteiger partial charge in [0.2, 0.25) is 5.88 Å². The minimum atomic E-state index is -0.0408. The van der Waals surface area contributed by atoms with Crippen LogP contribution in [0.15, 0.2) is 53.4 Å². The van der Waals surface area contributed by atoms with Crippen LogP contribution in [0.3, 0.4) is 0 Å². The number of imidazole rings is 1. The summed E-state index contributed by atoms with van der Waals surface area (Å²) in [6.45, 7) is 1.01. The van der Waals surface area contributed by atoms with Crippen molar-refractivity contribution >= 4 is 16.7 Å². The van der Waals surface area contributed by atoms with Crippen molar-refractivity contribution in [2.24, 2.45) is 0 Å². The van der Waals surface area contributed by atoms with E-state index in [2.05, 4.69) is 24.6 Å². The highest BCUT2D eigenvalue weighted by Gasteiger charge is 2.12. The Morgan fingerprint density at radius 1 is 1.20 bits per heavy atom. The van der Waals surface area contributed by atoms with Crippen molar-refractivity contribution in [3.8, 4) is 17.1 Å². The number of pyridine rings is 1. The Hall–Kier alpha value is -3.52. The van der Waals surface area contributed by atoms with Crippen LogP contribution in [0.4, 0.5) is 0 Å². The molecule has 0 spiro atoms. The Kier molecular flexibility index (Phi) is 6.14. The van der Waals surface area contributed by atoms with E-state index in [4.69, 9.17) is 9.47 Å². The van der Waals surface area contributed by atoms with Crippen LogP contribution in [0.1, 0.15) is 29.2 Å². The summed E-state index contributed by atoms with van der Waals surface area (Å²) in [5.41, 5.74) is 2.95. The van der Waals surface area contributed by atoms with Gasteiger partial charge in [0, 0.05) is 30.9 Å². The molecule has 0 radical (unpaired) electrons. The lowest BCUT2D eigenvalue weighted by Crippen LogP contribution is -2.05. The zero-order valence-corrected chi connectivity index (χ0v) is 16.6. The van der Waals surface area contributed by atoms with Crippen LogP contribution < -0.4 is 4.74 Å². The van der Waals surface area contributed by atoms with Crippen LogP contribution in [-0.2, 0) is 11.2 Å². The van der Waals surface area contributed by atoms with E-state index < -0.39 is 0 Å². The number of ether oxygens (including phenoxy) is 2. The van der Waals surface area contributed by atoms with Crippen molar-refractivity contribution in [3.63, 3.8) is 0 Å². The van der Waals surface area contributed by atoms with Crippen molar-refractivity contribution in [2.45, 2.75) is 19.3 Å². The summed E-state index contributed by atoms with van der Waals surface area (Å²) >= 11 is 0. The standard InChI is InChI=1S/C22H22N4O4/c1-28-22-16(13-15-5-2-3-6-17(15)25-22)19-14-23-21(24-19)9-11-29-10-4-7-20(27)18-8-12-30-26-18/h2-3,5-6,8,12-14H,4,7,9-11H2,1H3,(H,23,24). The molecule has 4 rings (SSSR count). The fourth-order valence-corrected chi connectivity index (χ4v) is 3.16. The average molecular weight is 406 g/mol. The van der Waals surface area contributed by atoms with E-state index in [9.17, 15) is 4.79 Å². The third-order valence-corrected chi connectivity index (χ3v) is 4.70. The van der Waals surface area contributed by atoms with Crippen LogP contribution in [0.25, 0.3) is 22.2 Å². The number of ketones is 1. The molecule has 8 heteroatoms. The molecule has 3 heterocycles. The second-order valence-corrected chi connectivity index (χ2v) is 6.76. The number of carbonyl (C=O) groups excluding carboxylic acids is 1. The number of hydrogen-bond acceptors (Lipinski definition) is 7. The van der Waals surface area contributed by atoms with E-state index >= 15 is 0 Å². The largest absolute Gasteiger partial charge is 0.480 e. The molecule has 30 heavy (non-hydrogen) atoms. The SMILES string of the molecule is COc1nc2ccccc2cc1-c1cnc(CCOCCCC(=O)c2ccon2)[nH]1. The maximum absolute atomic E-state index is 11.8. The monoisotopic (exact) mass is 406 g/mol. The van der Waals surface area contributed by atoms with Gasteiger partial charge in [-0.05, 0) is 18.6 Å². The van der Waals surface area contributed by atoms with Gasteiger partial charge in [-0.25, -0.2) is 9.97 Å². The van der Waals surface area contributed by atoms with Crippen LogP contribution in [0, 0.1) is 0 Å². The van der Waals surface area contributed by atoms with E-state index in [0.29, 0.717) is 44.1 Å². The fourth-order valence-electron chi connectivity index (χ4n) is 3.16. The third kappa shape index (κ3) is 4.55. The Labute approximate surface area is 173 Å². The molecule has 0 amide bonds. The molecule has 0 atom stereocenters. The zero-order valence-electron chi connectivity index (χ0n) is 16.6. The maximum Gasteiger partial charge on any atom is 0.223 e. The molecule has 3 aromatic heterocycles. The van der Waals surface area contributed by atoms with E-state index in [1.165, 1.54) is 6.26 Å². The first-order valence-corrected chi connectivity index (χ1v) is 9.74. The summed E-state index contributed by atoms with van der Waals surface area (Å²) in [5, 5.41) is 4.67. The van der Waals surface area contributed by atoms with Crippen LogP contribution in [-0.4, -0.2) is 46.2 Å². The first-order valence-electron chi connectivity index (χ1n) is 9.74. The lowest BCUT2D eigenvalue weighted by atomic mass is 10.1. The van der Waals surface area contributed by atoms with Crippen molar-refractivity contribution in [2.75, 3.05) is 20.3 Å². The number of methoxy groups -OCH3 is 1. The third-order valence-electron chi connectivity index (χ3n) is 4.70. The maximum atomic E-state index is 11.8. The van der Waals surface area contributed by atoms with Crippen molar-refractivity contribution < 1.29 is 18.8 Å². The molecule has 154 valence electrons. The van der Waals surface area contributed by atoms with Crippen LogP contribution in [0.2, 0.25) is 0 Å². The van der Waals surface area contributed by atoms with Gasteiger partial charge in [-0.15, -0.1) is 0 Å². The number of Topliss-reactive ketones (excluding diaryl/α,β-unsaturated/α-hetero) is 1. The molecule has 8 nitrogen and oxygen atoms in total. The summed E-state index contributed by atoms with van der Waals surface area (Å²) < 4.78 is 15.8. The van der Waals surface area contributed by atoms with Crippen molar-refractivity contribution in [3.05, 3.63) is 60.4 Å². The van der Waals surface area contributed by atoms with E-state index in [-0.39, 0.29) is 5.78 Å². The van der Waals surface area contributed by atoms with Gasteiger partial charge in [0.25, 0.3) is 0 Å². The Balaban J connectivity index is 1.29. The number of rotatable bonds is 10. The van der Waals surface area contributed by atoms with Crippen LogP contribution in [0.5, 0.6) is 5.88 Å². The molecule has 0 bridgehead atoms. The van der Waals surface area contributed by atoms with Gasteiger partial charge in [-0.3, -0.25) is 4.79 Å². The van der Waals surface area contributed by atoms with Gasteiger partial charge in [-0.2, -0.15) is 0 Å². The average Bonchev–Trinajstić information content (AvgIpc) is 3.47. The van der Waals surface area contributed by atoms with E-state index in [1.54, 1.807) is 19.4 Å². The van der Waals surface area contributed by atoms with Gasteiger partial charge in [0.05, 0.1) is 36.7 Å². The number of nitrogens with zero attached hydrogens (tertiary/aromatic N) is 3. The lowest BCUT2D eigenvalue weighted by molar-refractivity contribution is 0.0931. The normalized spacial score (nSPS) is 11.1. The highest BCUT2D eigenvalue weighted by molar-refractivity contribution is 5.93. The summed E-state index contributed by atoms with van der Waals surface area (Å²) in [7, 11) is 1.61. The van der Waals surface area contributed by atoms with Gasteiger partial charge in [-0.1, -0.05) is 23.4 Å².